The molecule has 3 aromatic rings. The summed E-state index contributed by atoms with van der Waals surface area (Å²) in [5.74, 6) is 0.371. The molecule has 0 atom stereocenters. The van der Waals surface area contributed by atoms with Gasteiger partial charge in [0.2, 0.25) is 0 Å². The number of azo groups is 2. The van der Waals surface area contributed by atoms with Crippen molar-refractivity contribution in [3.8, 4) is 11.8 Å². The average Bonchev–Trinajstić information content (AvgIpc) is 3.24. The largest absolute Gasteiger partial charge is 0.504 e. The van der Waals surface area contributed by atoms with E-state index in [0.29, 0.717) is 27.8 Å². The van der Waals surface area contributed by atoms with Crippen LogP contribution in [-0.4, -0.2) is 33.4 Å². The minimum atomic E-state index is -0.166. The molecule has 0 spiro atoms. The number of aromatic nitrogens is 3. The van der Waals surface area contributed by atoms with Gasteiger partial charge in [0, 0.05) is 27.2 Å². The second-order valence-electron chi connectivity index (χ2n) is 5.97. The number of aryl methyl sites for hydroxylation is 2. The quantitative estimate of drug-likeness (QED) is 0.628. The first-order chi connectivity index (χ1) is 13.4. The lowest BCUT2D eigenvalue weighted by Crippen LogP contribution is -2.08. The molecule has 10 nitrogen and oxygen atoms in total. The van der Waals surface area contributed by atoms with Crippen LogP contribution in [0.1, 0.15) is 11.3 Å². The number of phenolic OH excluding ortho intramolecular Hbond substituents is 1. The van der Waals surface area contributed by atoms with E-state index in [1.165, 1.54) is 0 Å². The molecule has 11 heteroatoms. The van der Waals surface area contributed by atoms with Crippen molar-refractivity contribution in [2.75, 3.05) is 19.0 Å². The molecule has 0 saturated heterocycles. The summed E-state index contributed by atoms with van der Waals surface area (Å²) in [7, 11) is 5.41. The Morgan fingerprint density at radius 3 is 2.61 bits per heavy atom. The zero-order chi connectivity index (χ0) is 20.3. The van der Waals surface area contributed by atoms with Crippen LogP contribution in [0.5, 0.6) is 5.75 Å². The summed E-state index contributed by atoms with van der Waals surface area (Å²) < 4.78 is 5.66. The normalized spacial score (nSPS) is 11.4. The van der Waals surface area contributed by atoms with Crippen molar-refractivity contribution >= 4 is 39.4 Å². The zero-order valence-corrected chi connectivity index (χ0v) is 16.5. The van der Waals surface area contributed by atoms with Crippen molar-refractivity contribution in [3.05, 3.63) is 35.7 Å². The molecule has 0 saturated carbocycles. The molecule has 3 rings (SSSR count). The first-order valence-corrected chi connectivity index (χ1v) is 8.91. The standard InChI is InChI=1S/C17H17N9OS/c1-10-11(9-18)17(28-24-10)23-20-12-5-6-13(25(2)3)15(16(12)27)22-21-14-7-8-19-26(14)4/h5-8,27H,1-4H3/b22-21+,23-20+. The van der Waals surface area contributed by atoms with E-state index >= 15 is 0 Å². The van der Waals surface area contributed by atoms with Gasteiger partial charge in [-0.2, -0.15) is 14.7 Å². The van der Waals surface area contributed by atoms with Gasteiger partial charge in [0.1, 0.15) is 17.3 Å². The summed E-state index contributed by atoms with van der Waals surface area (Å²) in [6, 6.07) is 7.14. The van der Waals surface area contributed by atoms with Crippen LogP contribution >= 0.6 is 11.5 Å². The maximum absolute atomic E-state index is 10.7. The van der Waals surface area contributed by atoms with E-state index in [9.17, 15) is 10.4 Å². The van der Waals surface area contributed by atoms with Crippen LogP contribution in [-0.2, 0) is 7.05 Å². The van der Waals surface area contributed by atoms with Crippen LogP contribution in [0.4, 0.5) is 27.9 Å². The van der Waals surface area contributed by atoms with Crippen LogP contribution in [0.15, 0.2) is 44.9 Å². The minimum Gasteiger partial charge on any atom is -0.504 e. The number of hydrogen-bond donors (Lipinski definition) is 1. The van der Waals surface area contributed by atoms with Gasteiger partial charge in [-0.3, -0.25) is 0 Å². The predicted molar refractivity (Wildman–Crippen MR) is 106 cm³/mol. The second-order valence-corrected chi connectivity index (χ2v) is 6.72. The highest BCUT2D eigenvalue weighted by molar-refractivity contribution is 7.10. The minimum absolute atomic E-state index is 0.166. The number of benzene rings is 1. The lowest BCUT2D eigenvalue weighted by Gasteiger charge is -2.16. The number of hydrogen-bond acceptors (Lipinski definition) is 10. The summed E-state index contributed by atoms with van der Waals surface area (Å²) in [6.45, 7) is 1.73. The summed E-state index contributed by atoms with van der Waals surface area (Å²) in [4.78, 5) is 1.80. The first kappa shape index (κ1) is 19.1. The number of phenols is 1. The molecule has 142 valence electrons. The molecule has 0 radical (unpaired) electrons. The van der Waals surface area contributed by atoms with Crippen molar-refractivity contribution in [1.29, 1.82) is 5.26 Å². The van der Waals surface area contributed by atoms with E-state index < -0.39 is 0 Å². The molecule has 0 unspecified atom stereocenters. The van der Waals surface area contributed by atoms with Crippen molar-refractivity contribution in [1.82, 2.24) is 14.2 Å². The lowest BCUT2D eigenvalue weighted by atomic mass is 10.2. The molecule has 0 aliphatic rings. The fourth-order valence-corrected chi connectivity index (χ4v) is 3.00. The monoisotopic (exact) mass is 395 g/mol. The molecule has 2 heterocycles. The molecule has 1 N–H and O–H groups in total. The Bertz CT molecular complexity index is 1100. The molecule has 2 aromatic heterocycles. The summed E-state index contributed by atoms with van der Waals surface area (Å²) >= 11 is 1.07. The molecule has 1 aromatic carbocycles. The van der Waals surface area contributed by atoms with Crippen LogP contribution in [0.3, 0.4) is 0 Å². The van der Waals surface area contributed by atoms with Gasteiger partial charge in [0.25, 0.3) is 0 Å². The molecular formula is C17H17N9OS. The molecular weight excluding hydrogens is 378 g/mol. The third-order valence-electron chi connectivity index (χ3n) is 3.84. The van der Waals surface area contributed by atoms with Crippen molar-refractivity contribution in [2.45, 2.75) is 6.92 Å². The number of nitriles is 1. The topological polar surface area (TPSA) is 127 Å². The van der Waals surface area contributed by atoms with E-state index in [2.05, 4.69) is 36.0 Å². The van der Waals surface area contributed by atoms with Gasteiger partial charge in [0.15, 0.2) is 22.3 Å². The van der Waals surface area contributed by atoms with Crippen LogP contribution in [0, 0.1) is 18.3 Å². The Morgan fingerprint density at radius 2 is 1.96 bits per heavy atom. The SMILES string of the molecule is Cc1nsc(/N=N/c2ccc(N(C)C)c(/N=N/c3ccnn3C)c2O)c1C#N. The molecule has 0 amide bonds. The molecule has 28 heavy (non-hydrogen) atoms. The summed E-state index contributed by atoms with van der Waals surface area (Å²) in [5, 5.41) is 40.8. The Labute approximate surface area is 165 Å². The number of aromatic hydroxyl groups is 1. The van der Waals surface area contributed by atoms with E-state index in [1.807, 2.05) is 14.1 Å². The Kier molecular flexibility index (Phi) is 5.42. The number of rotatable bonds is 5. The van der Waals surface area contributed by atoms with Crippen LogP contribution < -0.4 is 4.90 Å². The Morgan fingerprint density at radius 1 is 1.18 bits per heavy atom. The highest BCUT2D eigenvalue weighted by atomic mass is 32.1. The third-order valence-corrected chi connectivity index (χ3v) is 4.67. The molecule has 0 aliphatic heterocycles. The van der Waals surface area contributed by atoms with Crippen molar-refractivity contribution in [2.24, 2.45) is 27.5 Å². The van der Waals surface area contributed by atoms with Gasteiger partial charge >= 0.3 is 0 Å². The van der Waals surface area contributed by atoms with Gasteiger partial charge < -0.3 is 10.0 Å². The molecule has 0 aliphatic carbocycles. The smallest absolute Gasteiger partial charge is 0.176 e. The maximum atomic E-state index is 10.7. The maximum Gasteiger partial charge on any atom is 0.176 e. The van der Waals surface area contributed by atoms with Gasteiger partial charge in [-0.25, -0.2) is 4.68 Å². The van der Waals surface area contributed by atoms with Gasteiger partial charge in [0.05, 0.1) is 17.6 Å². The fourth-order valence-electron chi connectivity index (χ4n) is 2.32. The highest BCUT2D eigenvalue weighted by Crippen LogP contribution is 2.44. The van der Waals surface area contributed by atoms with Crippen LogP contribution in [0.2, 0.25) is 0 Å². The van der Waals surface area contributed by atoms with E-state index in [0.717, 1.165) is 11.5 Å². The number of nitrogens with zero attached hydrogens (tertiary/aromatic N) is 9. The zero-order valence-electron chi connectivity index (χ0n) is 15.7. The first-order valence-electron chi connectivity index (χ1n) is 8.13. The van der Waals surface area contributed by atoms with E-state index in [-0.39, 0.29) is 17.1 Å². The predicted octanol–water partition coefficient (Wildman–Crippen LogP) is 4.66. The Balaban J connectivity index is 2.02. The van der Waals surface area contributed by atoms with E-state index in [4.69, 9.17) is 0 Å². The third kappa shape index (κ3) is 3.72. The molecule has 0 fully saturated rings. The van der Waals surface area contributed by atoms with Crippen LogP contribution in [0.25, 0.3) is 0 Å². The van der Waals surface area contributed by atoms with Crippen molar-refractivity contribution < 1.29 is 5.11 Å². The van der Waals surface area contributed by atoms with Gasteiger partial charge in [-0.1, -0.05) is 0 Å². The highest BCUT2D eigenvalue weighted by Gasteiger charge is 2.15. The Hall–Kier alpha value is -3.65. The van der Waals surface area contributed by atoms with Gasteiger partial charge in [-0.15, -0.1) is 20.5 Å². The average molecular weight is 395 g/mol. The lowest BCUT2D eigenvalue weighted by molar-refractivity contribution is 0.477. The van der Waals surface area contributed by atoms with E-state index in [1.54, 1.807) is 47.9 Å². The van der Waals surface area contributed by atoms with Gasteiger partial charge in [-0.05, 0) is 30.6 Å². The summed E-state index contributed by atoms with van der Waals surface area (Å²) in [5.41, 5.74) is 2.09. The van der Waals surface area contributed by atoms with Crippen molar-refractivity contribution in [3.63, 3.8) is 0 Å². The second kappa shape index (κ2) is 7.93. The number of anilines is 1. The fraction of sp³-hybridized carbons (Fsp3) is 0.235. The summed E-state index contributed by atoms with van der Waals surface area (Å²) in [6.07, 6.45) is 1.61. The molecule has 0 bridgehead atoms.